The lowest BCUT2D eigenvalue weighted by Gasteiger charge is -2.26. The maximum absolute atomic E-state index is 11.8. The van der Waals surface area contributed by atoms with Gasteiger partial charge in [-0.05, 0) is 13.0 Å². The number of hydrogen-bond acceptors (Lipinski definition) is 7. The number of aromatic nitrogens is 1. The lowest BCUT2D eigenvalue weighted by Crippen LogP contribution is -2.39. The summed E-state index contributed by atoms with van der Waals surface area (Å²) in [6.07, 6.45) is 1.56. The molecule has 0 saturated carbocycles. The maximum Gasteiger partial charge on any atom is 0.340 e. The van der Waals surface area contributed by atoms with Gasteiger partial charge in [0.25, 0.3) is 0 Å². The number of morpholine rings is 1. The minimum atomic E-state index is -0.423. The molecule has 2 rings (SSSR count). The quantitative estimate of drug-likeness (QED) is 0.742. The fourth-order valence-corrected chi connectivity index (χ4v) is 2.16. The van der Waals surface area contributed by atoms with E-state index in [2.05, 4.69) is 15.2 Å². The van der Waals surface area contributed by atoms with Gasteiger partial charge in [0.05, 0.1) is 31.1 Å². The van der Waals surface area contributed by atoms with Crippen molar-refractivity contribution in [2.45, 2.75) is 6.92 Å². The van der Waals surface area contributed by atoms with E-state index in [1.165, 1.54) is 0 Å². The third kappa shape index (κ3) is 4.30. The molecule has 0 spiro atoms. The highest BCUT2D eigenvalue weighted by atomic mass is 16.5. The van der Waals surface area contributed by atoms with Gasteiger partial charge in [0, 0.05) is 32.4 Å². The molecule has 1 aliphatic heterocycles. The monoisotopic (exact) mass is 294 g/mol. The Hall–Kier alpha value is -1.86. The minimum Gasteiger partial charge on any atom is -0.462 e. The Morgan fingerprint density at radius 3 is 3.00 bits per heavy atom. The summed E-state index contributed by atoms with van der Waals surface area (Å²) in [6.45, 7) is 7.10. The molecule has 0 amide bonds. The number of carbonyl (C=O) groups is 1. The van der Waals surface area contributed by atoms with Crippen molar-refractivity contribution in [2.24, 2.45) is 0 Å². The number of esters is 1. The standard InChI is InChI=1S/C14H22N4O3/c1-2-21-14(19)11-3-4-16-13(12(11)15)17-5-6-18-7-9-20-10-8-18/h3-4H,2,5-10,15H2,1H3,(H,16,17). The van der Waals surface area contributed by atoms with Crippen molar-refractivity contribution < 1.29 is 14.3 Å². The maximum atomic E-state index is 11.8. The molecule has 0 unspecified atom stereocenters. The first-order valence-electron chi connectivity index (χ1n) is 7.18. The van der Waals surface area contributed by atoms with Crippen molar-refractivity contribution >= 4 is 17.5 Å². The molecular weight excluding hydrogens is 272 g/mol. The third-order valence-corrected chi connectivity index (χ3v) is 3.31. The lowest BCUT2D eigenvalue weighted by atomic mass is 10.2. The normalized spacial score (nSPS) is 15.7. The molecule has 0 aromatic carbocycles. The van der Waals surface area contributed by atoms with Crippen LogP contribution in [0.3, 0.4) is 0 Å². The smallest absolute Gasteiger partial charge is 0.340 e. The molecule has 1 aromatic heterocycles. The number of pyridine rings is 1. The van der Waals surface area contributed by atoms with E-state index in [4.69, 9.17) is 15.2 Å². The van der Waals surface area contributed by atoms with E-state index in [-0.39, 0.29) is 0 Å². The molecule has 2 heterocycles. The Kier molecular flexibility index (Phi) is 5.77. The Bertz CT molecular complexity index is 475. The number of nitrogens with two attached hydrogens (primary N) is 1. The highest BCUT2D eigenvalue weighted by Gasteiger charge is 2.15. The molecule has 116 valence electrons. The molecule has 7 nitrogen and oxygen atoms in total. The van der Waals surface area contributed by atoms with Crippen molar-refractivity contribution in [2.75, 3.05) is 57.1 Å². The van der Waals surface area contributed by atoms with Crippen molar-refractivity contribution in [3.63, 3.8) is 0 Å². The van der Waals surface area contributed by atoms with Gasteiger partial charge in [0.2, 0.25) is 0 Å². The molecule has 0 radical (unpaired) electrons. The molecule has 3 N–H and O–H groups in total. The Morgan fingerprint density at radius 2 is 2.29 bits per heavy atom. The zero-order chi connectivity index (χ0) is 15.1. The molecule has 1 saturated heterocycles. The van der Waals surface area contributed by atoms with Crippen LogP contribution >= 0.6 is 0 Å². The van der Waals surface area contributed by atoms with Gasteiger partial charge in [-0.15, -0.1) is 0 Å². The molecular formula is C14H22N4O3. The molecule has 1 aromatic rings. The van der Waals surface area contributed by atoms with Gasteiger partial charge in [-0.25, -0.2) is 9.78 Å². The highest BCUT2D eigenvalue weighted by molar-refractivity contribution is 5.97. The molecule has 0 aliphatic carbocycles. The van der Waals surface area contributed by atoms with E-state index in [1.54, 1.807) is 19.2 Å². The topological polar surface area (TPSA) is 89.7 Å². The van der Waals surface area contributed by atoms with Crippen LogP contribution in [0.15, 0.2) is 12.3 Å². The largest absolute Gasteiger partial charge is 0.462 e. The van der Waals surface area contributed by atoms with Gasteiger partial charge in [0.15, 0.2) is 0 Å². The van der Waals surface area contributed by atoms with Crippen LogP contribution in [0.4, 0.5) is 11.5 Å². The van der Waals surface area contributed by atoms with E-state index in [9.17, 15) is 4.79 Å². The van der Waals surface area contributed by atoms with Crippen LogP contribution in [0.5, 0.6) is 0 Å². The van der Waals surface area contributed by atoms with E-state index >= 15 is 0 Å². The van der Waals surface area contributed by atoms with Gasteiger partial charge < -0.3 is 20.5 Å². The fraction of sp³-hybridized carbons (Fsp3) is 0.571. The molecule has 7 heteroatoms. The number of nitrogens with zero attached hydrogens (tertiary/aromatic N) is 2. The van der Waals surface area contributed by atoms with Crippen LogP contribution in [0.1, 0.15) is 17.3 Å². The first-order chi connectivity index (χ1) is 10.2. The van der Waals surface area contributed by atoms with Crippen molar-refractivity contribution in [3.8, 4) is 0 Å². The van der Waals surface area contributed by atoms with Crippen LogP contribution in [0.2, 0.25) is 0 Å². The summed E-state index contributed by atoms with van der Waals surface area (Å²) in [6, 6.07) is 1.57. The third-order valence-electron chi connectivity index (χ3n) is 3.31. The van der Waals surface area contributed by atoms with E-state index < -0.39 is 5.97 Å². The Labute approximate surface area is 124 Å². The number of anilines is 2. The number of carbonyl (C=O) groups excluding carboxylic acids is 1. The van der Waals surface area contributed by atoms with E-state index in [0.717, 1.165) is 32.8 Å². The predicted octanol–water partition coefficient (Wildman–Crippen LogP) is 0.585. The summed E-state index contributed by atoms with van der Waals surface area (Å²) in [5.41, 5.74) is 6.65. The highest BCUT2D eigenvalue weighted by Crippen LogP contribution is 2.20. The first-order valence-corrected chi connectivity index (χ1v) is 7.18. The van der Waals surface area contributed by atoms with Gasteiger partial charge >= 0.3 is 5.97 Å². The number of nitrogens with one attached hydrogen (secondary N) is 1. The van der Waals surface area contributed by atoms with Crippen LogP contribution < -0.4 is 11.1 Å². The fourth-order valence-electron chi connectivity index (χ4n) is 2.16. The number of hydrogen-bond donors (Lipinski definition) is 2. The molecule has 0 atom stereocenters. The van der Waals surface area contributed by atoms with E-state index in [0.29, 0.717) is 30.2 Å². The SMILES string of the molecule is CCOC(=O)c1ccnc(NCCN2CCOCC2)c1N. The second-order valence-electron chi connectivity index (χ2n) is 4.72. The average Bonchev–Trinajstić information content (AvgIpc) is 2.50. The molecule has 1 fully saturated rings. The zero-order valence-corrected chi connectivity index (χ0v) is 12.3. The van der Waals surface area contributed by atoms with E-state index in [1.807, 2.05) is 0 Å². The van der Waals surface area contributed by atoms with Crippen LogP contribution in [0, 0.1) is 0 Å². The molecule has 21 heavy (non-hydrogen) atoms. The summed E-state index contributed by atoms with van der Waals surface area (Å²) in [4.78, 5) is 18.2. The van der Waals surface area contributed by atoms with Crippen molar-refractivity contribution in [3.05, 3.63) is 17.8 Å². The van der Waals surface area contributed by atoms with Crippen molar-refractivity contribution in [1.29, 1.82) is 0 Å². The van der Waals surface area contributed by atoms with Crippen LogP contribution in [0.25, 0.3) is 0 Å². The summed E-state index contributed by atoms with van der Waals surface area (Å²) in [5.74, 6) is 0.0995. The van der Waals surface area contributed by atoms with Gasteiger partial charge in [-0.2, -0.15) is 0 Å². The van der Waals surface area contributed by atoms with Crippen LogP contribution in [-0.4, -0.2) is 61.9 Å². The van der Waals surface area contributed by atoms with Gasteiger partial charge in [-0.1, -0.05) is 0 Å². The minimum absolute atomic E-state index is 0.320. The predicted molar refractivity (Wildman–Crippen MR) is 80.4 cm³/mol. The Balaban J connectivity index is 1.90. The second-order valence-corrected chi connectivity index (χ2v) is 4.72. The van der Waals surface area contributed by atoms with Gasteiger partial charge in [-0.3, -0.25) is 4.90 Å². The molecule has 1 aliphatic rings. The summed E-state index contributed by atoms with van der Waals surface area (Å²) < 4.78 is 10.3. The molecule has 0 bridgehead atoms. The van der Waals surface area contributed by atoms with Crippen molar-refractivity contribution in [1.82, 2.24) is 9.88 Å². The summed E-state index contributed by atoms with van der Waals surface area (Å²) in [5, 5.41) is 3.17. The first kappa shape index (κ1) is 15.5. The zero-order valence-electron chi connectivity index (χ0n) is 12.3. The number of nitrogen functional groups attached to an aromatic ring is 1. The number of ether oxygens (including phenoxy) is 2. The van der Waals surface area contributed by atoms with Crippen LogP contribution in [-0.2, 0) is 9.47 Å². The van der Waals surface area contributed by atoms with Gasteiger partial charge in [0.1, 0.15) is 5.82 Å². The lowest BCUT2D eigenvalue weighted by molar-refractivity contribution is 0.0398. The summed E-state index contributed by atoms with van der Waals surface area (Å²) >= 11 is 0. The average molecular weight is 294 g/mol. The summed E-state index contributed by atoms with van der Waals surface area (Å²) in [7, 11) is 0. The second kappa shape index (κ2) is 7.80. The Morgan fingerprint density at radius 1 is 1.52 bits per heavy atom. The number of rotatable bonds is 6.